The molecule has 90 valence electrons. The molecule has 2 fully saturated rings. The molecule has 1 amide bonds. The zero-order chi connectivity index (χ0) is 11.8. The molecule has 1 heterocycles. The molecule has 0 spiro atoms. The van der Waals surface area contributed by atoms with Crippen molar-refractivity contribution in [3.05, 3.63) is 0 Å². The fourth-order valence-corrected chi connectivity index (χ4v) is 2.39. The molecule has 1 atom stereocenters. The summed E-state index contributed by atoms with van der Waals surface area (Å²) in [7, 11) is 1.31. The van der Waals surface area contributed by atoms with Gasteiger partial charge in [-0.2, -0.15) is 0 Å². The van der Waals surface area contributed by atoms with Gasteiger partial charge in [-0.25, -0.2) is 0 Å². The zero-order valence-electron chi connectivity index (χ0n) is 9.44. The number of aliphatic hydroxyl groups excluding tert-OH is 1. The molecule has 5 heteroatoms. The highest BCUT2D eigenvalue weighted by Crippen LogP contribution is 2.49. The number of likely N-dealkylation sites (tertiary alicyclic amines) is 1. The predicted molar refractivity (Wildman–Crippen MR) is 55.5 cm³/mol. The Morgan fingerprint density at radius 1 is 1.50 bits per heavy atom. The van der Waals surface area contributed by atoms with Gasteiger partial charge in [0.2, 0.25) is 5.91 Å². The molecular formula is C11H17NO4. The number of aliphatic hydroxyl groups is 1. The Morgan fingerprint density at radius 3 is 2.69 bits per heavy atom. The van der Waals surface area contributed by atoms with Gasteiger partial charge in [-0.05, 0) is 25.7 Å². The van der Waals surface area contributed by atoms with E-state index in [-0.39, 0.29) is 18.6 Å². The molecular weight excluding hydrogens is 210 g/mol. The Morgan fingerprint density at radius 2 is 2.19 bits per heavy atom. The Labute approximate surface area is 94.4 Å². The minimum Gasteiger partial charge on any atom is -0.468 e. The molecule has 0 aromatic carbocycles. The van der Waals surface area contributed by atoms with Gasteiger partial charge in [0.25, 0.3) is 0 Å². The van der Waals surface area contributed by atoms with E-state index in [1.165, 1.54) is 7.11 Å². The summed E-state index contributed by atoms with van der Waals surface area (Å²) in [5.74, 6) is -0.586. The molecule has 16 heavy (non-hydrogen) atoms. The molecule has 1 saturated carbocycles. The molecule has 0 aromatic rings. The first-order chi connectivity index (χ1) is 7.65. The Bertz CT molecular complexity index is 311. The number of carbonyl (C=O) groups is 2. The van der Waals surface area contributed by atoms with Crippen molar-refractivity contribution in [2.24, 2.45) is 5.41 Å². The van der Waals surface area contributed by atoms with Crippen LogP contribution in [-0.2, 0) is 14.3 Å². The van der Waals surface area contributed by atoms with Crippen molar-refractivity contribution in [1.82, 2.24) is 4.90 Å². The highest BCUT2D eigenvalue weighted by Gasteiger charge is 2.60. The van der Waals surface area contributed by atoms with Gasteiger partial charge in [0.05, 0.1) is 19.8 Å². The number of methoxy groups -OCH3 is 1. The number of carbonyl (C=O) groups excluding carboxylic acids is 2. The van der Waals surface area contributed by atoms with Crippen LogP contribution in [-0.4, -0.2) is 48.2 Å². The largest absolute Gasteiger partial charge is 0.468 e. The van der Waals surface area contributed by atoms with Crippen molar-refractivity contribution in [2.45, 2.75) is 31.7 Å². The van der Waals surface area contributed by atoms with Crippen LogP contribution in [0, 0.1) is 5.41 Å². The summed E-state index contributed by atoms with van der Waals surface area (Å²) in [6.45, 7) is 0.617. The zero-order valence-corrected chi connectivity index (χ0v) is 9.44. The van der Waals surface area contributed by atoms with Crippen molar-refractivity contribution in [3.63, 3.8) is 0 Å². The molecule has 1 N–H and O–H groups in total. The van der Waals surface area contributed by atoms with Gasteiger partial charge in [0.1, 0.15) is 5.41 Å². The van der Waals surface area contributed by atoms with Crippen molar-refractivity contribution in [3.8, 4) is 0 Å². The summed E-state index contributed by atoms with van der Waals surface area (Å²) < 4.78 is 4.68. The lowest BCUT2D eigenvalue weighted by molar-refractivity contribution is -0.156. The lowest BCUT2D eigenvalue weighted by atomic mass is 10.1. The highest BCUT2D eigenvalue weighted by atomic mass is 16.5. The Kier molecular flexibility index (Phi) is 2.88. The normalized spacial score (nSPS) is 26.6. The monoisotopic (exact) mass is 227 g/mol. The van der Waals surface area contributed by atoms with Crippen LogP contribution in [0.25, 0.3) is 0 Å². The minimum absolute atomic E-state index is 0.0248. The fraction of sp³-hybridized carbons (Fsp3) is 0.818. The second kappa shape index (κ2) is 4.05. The van der Waals surface area contributed by atoms with Gasteiger partial charge >= 0.3 is 5.97 Å². The van der Waals surface area contributed by atoms with Crippen LogP contribution in [0.5, 0.6) is 0 Å². The minimum atomic E-state index is -0.924. The third kappa shape index (κ3) is 1.59. The summed E-state index contributed by atoms with van der Waals surface area (Å²) in [6, 6.07) is -0.116. The van der Waals surface area contributed by atoms with Crippen LogP contribution < -0.4 is 0 Å². The molecule has 1 saturated heterocycles. The third-order valence-corrected chi connectivity index (χ3v) is 3.58. The molecule has 0 aromatic heterocycles. The fourth-order valence-electron chi connectivity index (χ4n) is 2.39. The Balaban J connectivity index is 2.10. The van der Waals surface area contributed by atoms with Gasteiger partial charge in [0, 0.05) is 6.54 Å². The summed E-state index contributed by atoms with van der Waals surface area (Å²) in [6.07, 6.45) is 2.87. The van der Waals surface area contributed by atoms with Crippen LogP contribution in [0.1, 0.15) is 25.7 Å². The van der Waals surface area contributed by atoms with Crippen molar-refractivity contribution < 1.29 is 19.4 Å². The molecule has 1 aliphatic carbocycles. The van der Waals surface area contributed by atoms with E-state index in [2.05, 4.69) is 4.74 Å². The standard InChI is InChI=1S/C11H17NO4/c1-16-10(15)11(4-5-11)9(14)12-6-2-3-8(12)7-13/h8,13H,2-7H2,1H3/t8-/m0/s1. The first-order valence-electron chi connectivity index (χ1n) is 5.66. The maximum atomic E-state index is 12.2. The molecule has 5 nitrogen and oxygen atoms in total. The van der Waals surface area contributed by atoms with Crippen LogP contribution in [0.2, 0.25) is 0 Å². The number of amides is 1. The number of ether oxygens (including phenoxy) is 1. The lowest BCUT2D eigenvalue weighted by Crippen LogP contribution is -2.45. The van der Waals surface area contributed by atoms with Gasteiger partial charge in [0.15, 0.2) is 0 Å². The summed E-state index contributed by atoms with van der Waals surface area (Å²) >= 11 is 0. The molecule has 2 rings (SSSR count). The van der Waals surface area contributed by atoms with E-state index in [4.69, 9.17) is 5.11 Å². The highest BCUT2D eigenvalue weighted by molar-refractivity contribution is 6.05. The molecule has 1 aliphatic heterocycles. The average Bonchev–Trinajstić information content (AvgIpc) is 2.98. The van der Waals surface area contributed by atoms with Crippen molar-refractivity contribution in [1.29, 1.82) is 0 Å². The summed E-state index contributed by atoms with van der Waals surface area (Å²) in [5.41, 5.74) is -0.924. The molecule has 2 aliphatic rings. The van der Waals surface area contributed by atoms with E-state index < -0.39 is 11.4 Å². The van der Waals surface area contributed by atoms with Gasteiger partial charge < -0.3 is 14.7 Å². The van der Waals surface area contributed by atoms with Gasteiger partial charge in [-0.15, -0.1) is 0 Å². The second-order valence-electron chi connectivity index (χ2n) is 4.55. The van der Waals surface area contributed by atoms with E-state index in [1.54, 1.807) is 4.90 Å². The third-order valence-electron chi connectivity index (χ3n) is 3.58. The second-order valence-corrected chi connectivity index (χ2v) is 4.55. The van der Waals surface area contributed by atoms with Crippen LogP contribution >= 0.6 is 0 Å². The maximum absolute atomic E-state index is 12.2. The quantitative estimate of drug-likeness (QED) is 0.541. The van der Waals surface area contributed by atoms with Crippen LogP contribution in [0.15, 0.2) is 0 Å². The maximum Gasteiger partial charge on any atom is 0.321 e. The van der Waals surface area contributed by atoms with Crippen molar-refractivity contribution in [2.75, 3.05) is 20.3 Å². The van der Waals surface area contributed by atoms with Gasteiger partial charge in [-0.3, -0.25) is 9.59 Å². The first-order valence-corrected chi connectivity index (χ1v) is 5.66. The summed E-state index contributed by atoms with van der Waals surface area (Å²) in [4.78, 5) is 25.4. The number of nitrogens with zero attached hydrogens (tertiary/aromatic N) is 1. The van der Waals surface area contributed by atoms with E-state index >= 15 is 0 Å². The smallest absolute Gasteiger partial charge is 0.321 e. The SMILES string of the molecule is COC(=O)C1(C(=O)N2CCC[C@H]2CO)CC1. The number of hydrogen-bond donors (Lipinski definition) is 1. The van der Waals surface area contributed by atoms with Crippen molar-refractivity contribution >= 4 is 11.9 Å². The topological polar surface area (TPSA) is 66.8 Å². The molecule has 0 unspecified atom stereocenters. The van der Waals surface area contributed by atoms with E-state index in [0.29, 0.717) is 19.4 Å². The Hall–Kier alpha value is -1.10. The first kappa shape index (κ1) is 11.4. The molecule has 0 bridgehead atoms. The van der Waals surface area contributed by atoms with E-state index in [1.807, 2.05) is 0 Å². The lowest BCUT2D eigenvalue weighted by Gasteiger charge is -2.26. The van der Waals surface area contributed by atoms with E-state index in [9.17, 15) is 9.59 Å². The van der Waals surface area contributed by atoms with Gasteiger partial charge in [-0.1, -0.05) is 0 Å². The van der Waals surface area contributed by atoms with Crippen LogP contribution in [0.4, 0.5) is 0 Å². The average molecular weight is 227 g/mol. The number of rotatable bonds is 3. The predicted octanol–water partition coefficient (Wildman–Crippen LogP) is -0.0771. The summed E-state index contributed by atoms with van der Waals surface area (Å²) in [5, 5.41) is 9.16. The van der Waals surface area contributed by atoms with Crippen LogP contribution in [0.3, 0.4) is 0 Å². The number of hydrogen-bond acceptors (Lipinski definition) is 4. The molecule has 0 radical (unpaired) electrons. The van der Waals surface area contributed by atoms with E-state index in [0.717, 1.165) is 12.8 Å². The number of esters is 1.